The summed E-state index contributed by atoms with van der Waals surface area (Å²) in [6.45, 7) is 2.04. The molecule has 0 saturated heterocycles. The number of halogens is 1. The molecule has 0 saturated carbocycles. The average Bonchev–Trinajstić information content (AvgIpc) is 2.52. The lowest BCUT2D eigenvalue weighted by Gasteiger charge is -2.05. The van der Waals surface area contributed by atoms with E-state index in [0.29, 0.717) is 11.3 Å². The number of ether oxygens (including phenoxy) is 1. The van der Waals surface area contributed by atoms with E-state index in [1.807, 2.05) is 19.1 Å². The Labute approximate surface area is 129 Å². The molecular formula is C18H16FNO2. The molecule has 0 aliphatic heterocycles. The Morgan fingerprint density at radius 1 is 1.18 bits per heavy atom. The molecular weight excluding hydrogens is 281 g/mol. The van der Waals surface area contributed by atoms with Crippen LogP contribution < -0.4 is 10.1 Å². The van der Waals surface area contributed by atoms with Crippen LogP contribution in [0.2, 0.25) is 0 Å². The third kappa shape index (κ3) is 4.95. The molecule has 0 fully saturated rings. The largest absolute Gasteiger partial charge is 0.484 e. The number of aryl methyl sites for hydroxylation is 1. The van der Waals surface area contributed by atoms with Crippen LogP contribution in [0.3, 0.4) is 0 Å². The predicted molar refractivity (Wildman–Crippen MR) is 83.0 cm³/mol. The topological polar surface area (TPSA) is 38.3 Å². The van der Waals surface area contributed by atoms with E-state index in [4.69, 9.17) is 4.74 Å². The molecule has 0 aliphatic rings. The smallest absolute Gasteiger partial charge is 0.258 e. The minimum absolute atomic E-state index is 0.0789. The maximum Gasteiger partial charge on any atom is 0.258 e. The van der Waals surface area contributed by atoms with Crippen LogP contribution in [0, 0.1) is 24.6 Å². The summed E-state index contributed by atoms with van der Waals surface area (Å²) < 4.78 is 18.6. The monoisotopic (exact) mass is 297 g/mol. The quantitative estimate of drug-likeness (QED) is 0.881. The van der Waals surface area contributed by atoms with Crippen molar-refractivity contribution in [2.24, 2.45) is 0 Å². The number of nitrogens with one attached hydrogen (secondary N) is 1. The van der Waals surface area contributed by atoms with Gasteiger partial charge in [0.15, 0.2) is 6.61 Å². The Morgan fingerprint density at radius 3 is 2.64 bits per heavy atom. The number of hydrogen-bond acceptors (Lipinski definition) is 2. The molecule has 4 heteroatoms. The standard InChI is InChI=1S/C18H16FNO2/c1-14-8-10-16(11-9-14)22-13-18(21)20-12-4-6-15-5-2-3-7-17(15)19/h2-3,5,7-11H,12-13H2,1H3,(H,20,21). The zero-order valence-corrected chi connectivity index (χ0v) is 12.2. The first-order chi connectivity index (χ1) is 10.6. The molecule has 0 spiro atoms. The van der Waals surface area contributed by atoms with E-state index in [0.717, 1.165) is 5.56 Å². The summed E-state index contributed by atoms with van der Waals surface area (Å²) in [6.07, 6.45) is 0. The lowest BCUT2D eigenvalue weighted by Crippen LogP contribution is -2.29. The molecule has 112 valence electrons. The molecule has 0 atom stereocenters. The Hall–Kier alpha value is -2.80. The van der Waals surface area contributed by atoms with Gasteiger partial charge in [-0.25, -0.2) is 4.39 Å². The van der Waals surface area contributed by atoms with Gasteiger partial charge < -0.3 is 10.1 Å². The van der Waals surface area contributed by atoms with E-state index in [1.165, 1.54) is 6.07 Å². The molecule has 2 rings (SSSR count). The summed E-state index contributed by atoms with van der Waals surface area (Å²) in [4.78, 5) is 11.6. The highest BCUT2D eigenvalue weighted by Gasteiger charge is 2.01. The second kappa shape index (κ2) is 7.84. The van der Waals surface area contributed by atoms with Crippen LogP contribution in [0.5, 0.6) is 5.75 Å². The summed E-state index contributed by atoms with van der Waals surface area (Å²) in [6, 6.07) is 13.7. The minimum Gasteiger partial charge on any atom is -0.484 e. The van der Waals surface area contributed by atoms with Gasteiger partial charge >= 0.3 is 0 Å². The van der Waals surface area contributed by atoms with Crippen LogP contribution in [0.1, 0.15) is 11.1 Å². The average molecular weight is 297 g/mol. The first-order valence-corrected chi connectivity index (χ1v) is 6.85. The molecule has 0 bridgehead atoms. The van der Waals surface area contributed by atoms with Crippen molar-refractivity contribution in [3.8, 4) is 17.6 Å². The molecule has 0 radical (unpaired) electrons. The normalized spacial score (nSPS) is 9.55. The maximum atomic E-state index is 13.3. The summed E-state index contributed by atoms with van der Waals surface area (Å²) in [5, 5.41) is 2.59. The van der Waals surface area contributed by atoms with E-state index in [2.05, 4.69) is 17.2 Å². The van der Waals surface area contributed by atoms with Crippen molar-refractivity contribution in [3.63, 3.8) is 0 Å². The number of carbonyl (C=O) groups excluding carboxylic acids is 1. The summed E-state index contributed by atoms with van der Waals surface area (Å²) in [7, 11) is 0. The zero-order valence-electron chi connectivity index (χ0n) is 12.2. The second-order valence-corrected chi connectivity index (χ2v) is 4.66. The molecule has 1 amide bonds. The van der Waals surface area contributed by atoms with Crippen LogP contribution in [0.15, 0.2) is 48.5 Å². The van der Waals surface area contributed by atoms with E-state index in [-0.39, 0.29) is 24.9 Å². The molecule has 1 N–H and O–H groups in total. The fourth-order valence-electron chi connectivity index (χ4n) is 1.68. The molecule has 0 aromatic heterocycles. The number of carbonyl (C=O) groups is 1. The van der Waals surface area contributed by atoms with Gasteiger partial charge in [-0.15, -0.1) is 0 Å². The lowest BCUT2D eigenvalue weighted by molar-refractivity contribution is -0.122. The highest BCUT2D eigenvalue weighted by molar-refractivity contribution is 5.77. The van der Waals surface area contributed by atoms with Crippen LogP contribution in [-0.2, 0) is 4.79 Å². The van der Waals surface area contributed by atoms with Crippen molar-refractivity contribution in [2.75, 3.05) is 13.2 Å². The van der Waals surface area contributed by atoms with Gasteiger partial charge in [-0.3, -0.25) is 4.79 Å². The van der Waals surface area contributed by atoms with Crippen molar-refractivity contribution >= 4 is 5.91 Å². The Bertz CT molecular complexity index is 699. The number of rotatable bonds is 4. The molecule has 0 heterocycles. The van der Waals surface area contributed by atoms with Crippen LogP contribution in [0.25, 0.3) is 0 Å². The van der Waals surface area contributed by atoms with Gasteiger partial charge in [-0.2, -0.15) is 0 Å². The fourth-order valence-corrected chi connectivity index (χ4v) is 1.68. The van der Waals surface area contributed by atoms with Crippen molar-refractivity contribution in [1.82, 2.24) is 5.32 Å². The minimum atomic E-state index is -0.371. The highest BCUT2D eigenvalue weighted by atomic mass is 19.1. The Morgan fingerprint density at radius 2 is 1.91 bits per heavy atom. The van der Waals surface area contributed by atoms with Gasteiger partial charge in [0.2, 0.25) is 0 Å². The summed E-state index contributed by atoms with van der Waals surface area (Å²) in [5.74, 6) is 5.36. The molecule has 22 heavy (non-hydrogen) atoms. The first-order valence-electron chi connectivity index (χ1n) is 6.85. The van der Waals surface area contributed by atoms with Crippen LogP contribution in [-0.4, -0.2) is 19.1 Å². The first kappa shape index (κ1) is 15.6. The molecule has 0 aliphatic carbocycles. The lowest BCUT2D eigenvalue weighted by atomic mass is 10.2. The van der Waals surface area contributed by atoms with Gasteiger partial charge in [-0.05, 0) is 31.2 Å². The Kier molecular flexibility index (Phi) is 5.56. The van der Waals surface area contributed by atoms with E-state index in [1.54, 1.807) is 30.3 Å². The molecule has 2 aromatic rings. The van der Waals surface area contributed by atoms with Crippen molar-refractivity contribution in [2.45, 2.75) is 6.92 Å². The summed E-state index contributed by atoms with van der Waals surface area (Å²) in [5.41, 5.74) is 1.44. The fraction of sp³-hybridized carbons (Fsp3) is 0.167. The highest BCUT2D eigenvalue weighted by Crippen LogP contribution is 2.10. The van der Waals surface area contributed by atoms with E-state index >= 15 is 0 Å². The van der Waals surface area contributed by atoms with Gasteiger partial charge in [0.25, 0.3) is 5.91 Å². The van der Waals surface area contributed by atoms with Gasteiger partial charge in [0.05, 0.1) is 12.1 Å². The van der Waals surface area contributed by atoms with Gasteiger partial charge in [0, 0.05) is 0 Å². The van der Waals surface area contributed by atoms with Gasteiger partial charge in [0.1, 0.15) is 11.6 Å². The summed E-state index contributed by atoms with van der Waals surface area (Å²) >= 11 is 0. The third-order valence-corrected chi connectivity index (χ3v) is 2.86. The number of hydrogen-bond donors (Lipinski definition) is 1. The number of benzene rings is 2. The van der Waals surface area contributed by atoms with E-state index < -0.39 is 0 Å². The third-order valence-electron chi connectivity index (χ3n) is 2.86. The maximum absolute atomic E-state index is 13.3. The number of amides is 1. The van der Waals surface area contributed by atoms with Crippen LogP contribution in [0.4, 0.5) is 4.39 Å². The predicted octanol–water partition coefficient (Wildman–Crippen LogP) is 2.68. The van der Waals surface area contributed by atoms with Crippen LogP contribution >= 0.6 is 0 Å². The second-order valence-electron chi connectivity index (χ2n) is 4.66. The van der Waals surface area contributed by atoms with Crippen molar-refractivity contribution in [1.29, 1.82) is 0 Å². The SMILES string of the molecule is Cc1ccc(OCC(=O)NCC#Cc2ccccc2F)cc1. The molecule has 3 nitrogen and oxygen atoms in total. The van der Waals surface area contributed by atoms with Gasteiger partial charge in [-0.1, -0.05) is 41.7 Å². The zero-order chi connectivity index (χ0) is 15.8. The molecule has 0 unspecified atom stereocenters. The molecule has 2 aromatic carbocycles. The van der Waals surface area contributed by atoms with E-state index in [9.17, 15) is 9.18 Å². The van der Waals surface area contributed by atoms with Crippen molar-refractivity contribution < 1.29 is 13.9 Å². The van der Waals surface area contributed by atoms with Crippen molar-refractivity contribution in [3.05, 3.63) is 65.5 Å². The Balaban J connectivity index is 1.74.